The number of nitrogens with one attached hydrogen (secondary N) is 1. The number of halogens is 1. The Bertz CT molecular complexity index is 679. The molecule has 0 radical (unpaired) electrons. The second-order valence-corrected chi connectivity index (χ2v) is 6.26. The molecular weight excluding hydrogens is 269 g/mol. The summed E-state index contributed by atoms with van der Waals surface area (Å²) in [7, 11) is 0. The maximum atomic E-state index is 13.2. The Labute approximate surface area is 122 Å². The molecule has 1 N–H and O–H groups in total. The monoisotopic (exact) mass is 287 g/mol. The lowest BCUT2D eigenvalue weighted by Gasteiger charge is -2.24. The number of ketones is 1. The van der Waals surface area contributed by atoms with Gasteiger partial charge in [0.2, 0.25) is 5.78 Å². The molecule has 0 spiro atoms. The summed E-state index contributed by atoms with van der Waals surface area (Å²) < 4.78 is 18.8. The summed E-state index contributed by atoms with van der Waals surface area (Å²) in [6.07, 6.45) is 5.80. The Morgan fingerprint density at radius 3 is 2.95 bits per heavy atom. The highest BCUT2D eigenvalue weighted by Gasteiger charge is 2.39. The Morgan fingerprint density at radius 2 is 2.10 bits per heavy atom. The van der Waals surface area contributed by atoms with Gasteiger partial charge in [0.25, 0.3) is 0 Å². The molecule has 2 aliphatic rings. The van der Waals surface area contributed by atoms with Crippen LogP contribution in [-0.4, -0.2) is 17.9 Å². The molecule has 1 aliphatic heterocycles. The highest BCUT2D eigenvalue weighted by Crippen LogP contribution is 2.34. The molecule has 0 bridgehead atoms. The van der Waals surface area contributed by atoms with Crippen LogP contribution >= 0.6 is 0 Å². The van der Waals surface area contributed by atoms with E-state index in [1.165, 1.54) is 37.8 Å². The van der Waals surface area contributed by atoms with Gasteiger partial charge in [-0.05, 0) is 49.4 Å². The van der Waals surface area contributed by atoms with E-state index in [0.29, 0.717) is 28.7 Å². The fraction of sp³-hybridized carbons (Fsp3) is 0.471. The second-order valence-electron chi connectivity index (χ2n) is 6.26. The Balaban J connectivity index is 1.58. The summed E-state index contributed by atoms with van der Waals surface area (Å²) in [6, 6.07) is 6.31. The lowest BCUT2D eigenvalue weighted by atomic mass is 9.85. The molecule has 0 amide bonds. The third-order valence-corrected chi connectivity index (χ3v) is 4.90. The van der Waals surface area contributed by atoms with Crippen LogP contribution in [0.4, 0.5) is 4.39 Å². The minimum Gasteiger partial charge on any atom is -0.453 e. The van der Waals surface area contributed by atoms with Crippen molar-refractivity contribution in [1.82, 2.24) is 5.32 Å². The third kappa shape index (κ3) is 2.27. The van der Waals surface area contributed by atoms with Crippen LogP contribution in [0.3, 0.4) is 0 Å². The second kappa shape index (κ2) is 4.95. The average Bonchev–Trinajstić information content (AvgIpc) is 3.09. The normalized spacial score (nSPS) is 28.7. The van der Waals surface area contributed by atoms with Gasteiger partial charge in [0.1, 0.15) is 11.4 Å². The number of fused-ring (bicyclic) bond motifs is 2. The molecule has 1 saturated heterocycles. The smallest absolute Gasteiger partial charge is 0.214 e. The molecule has 1 aliphatic carbocycles. The van der Waals surface area contributed by atoms with Gasteiger partial charge in [-0.15, -0.1) is 0 Å². The largest absolute Gasteiger partial charge is 0.453 e. The minimum atomic E-state index is -0.313. The van der Waals surface area contributed by atoms with E-state index in [9.17, 15) is 9.18 Å². The zero-order valence-corrected chi connectivity index (χ0v) is 11.8. The molecule has 1 saturated carbocycles. The number of hydrogen-bond donors (Lipinski definition) is 1. The van der Waals surface area contributed by atoms with E-state index in [4.69, 9.17) is 4.42 Å². The number of benzene rings is 1. The van der Waals surface area contributed by atoms with Crippen molar-refractivity contribution < 1.29 is 13.6 Å². The van der Waals surface area contributed by atoms with Gasteiger partial charge in [0.15, 0.2) is 5.76 Å². The van der Waals surface area contributed by atoms with Crippen LogP contribution in [0.2, 0.25) is 0 Å². The number of rotatable bonds is 2. The van der Waals surface area contributed by atoms with Gasteiger partial charge in [-0.25, -0.2) is 4.39 Å². The average molecular weight is 287 g/mol. The van der Waals surface area contributed by atoms with E-state index < -0.39 is 0 Å². The van der Waals surface area contributed by atoms with Crippen LogP contribution in [0.15, 0.2) is 28.7 Å². The molecule has 4 rings (SSSR count). The number of Topliss-reactive ketones (excluding diaryl/α,β-unsaturated/α-hetero) is 1. The van der Waals surface area contributed by atoms with Crippen LogP contribution in [-0.2, 0) is 0 Å². The molecule has 1 aromatic heterocycles. The Morgan fingerprint density at radius 1 is 1.24 bits per heavy atom. The van der Waals surface area contributed by atoms with Gasteiger partial charge in [-0.3, -0.25) is 4.79 Å². The Kier molecular flexibility index (Phi) is 3.07. The predicted octanol–water partition coefficient (Wildman–Crippen LogP) is 3.68. The van der Waals surface area contributed by atoms with Crippen LogP contribution < -0.4 is 5.32 Å². The first-order chi connectivity index (χ1) is 10.2. The number of furan rings is 1. The van der Waals surface area contributed by atoms with Crippen LogP contribution in [0.5, 0.6) is 0 Å². The van der Waals surface area contributed by atoms with Gasteiger partial charge >= 0.3 is 0 Å². The molecule has 2 aromatic rings. The molecule has 2 fully saturated rings. The summed E-state index contributed by atoms with van der Waals surface area (Å²) >= 11 is 0. The third-order valence-electron chi connectivity index (χ3n) is 4.90. The van der Waals surface area contributed by atoms with Gasteiger partial charge < -0.3 is 9.73 Å². The molecular formula is C17H18FNO2. The molecule has 4 heteroatoms. The van der Waals surface area contributed by atoms with E-state index in [1.54, 1.807) is 12.1 Å². The van der Waals surface area contributed by atoms with Crippen LogP contribution in [0, 0.1) is 11.7 Å². The van der Waals surface area contributed by atoms with Gasteiger partial charge in [-0.2, -0.15) is 0 Å². The van der Waals surface area contributed by atoms with Crippen molar-refractivity contribution in [2.75, 3.05) is 0 Å². The summed E-state index contributed by atoms with van der Waals surface area (Å²) in [4.78, 5) is 12.6. The van der Waals surface area contributed by atoms with Crippen molar-refractivity contribution >= 4 is 16.8 Å². The van der Waals surface area contributed by atoms with E-state index >= 15 is 0 Å². The van der Waals surface area contributed by atoms with Crippen molar-refractivity contribution in [1.29, 1.82) is 0 Å². The number of carbonyl (C=O) groups is 1. The lowest BCUT2D eigenvalue weighted by molar-refractivity contribution is 0.0923. The molecule has 110 valence electrons. The molecule has 3 nitrogen and oxygen atoms in total. The van der Waals surface area contributed by atoms with Gasteiger partial charge in [0.05, 0.1) is 6.04 Å². The van der Waals surface area contributed by atoms with Crippen molar-refractivity contribution in [3.63, 3.8) is 0 Å². The van der Waals surface area contributed by atoms with E-state index in [2.05, 4.69) is 5.32 Å². The van der Waals surface area contributed by atoms with Crippen molar-refractivity contribution in [3.8, 4) is 0 Å². The zero-order valence-electron chi connectivity index (χ0n) is 11.8. The van der Waals surface area contributed by atoms with Crippen LogP contribution in [0.1, 0.15) is 42.7 Å². The van der Waals surface area contributed by atoms with E-state index in [1.807, 2.05) is 0 Å². The maximum absolute atomic E-state index is 13.2. The molecule has 21 heavy (non-hydrogen) atoms. The Hall–Kier alpha value is -1.68. The standard InChI is InChI=1S/C17H18FNO2/c18-12-5-6-15-11(7-12)9-16(21-15)17(20)14-8-10-3-1-2-4-13(10)19-14/h5-7,9-10,13-14,19H,1-4,8H2. The molecule has 2 heterocycles. The summed E-state index contributed by atoms with van der Waals surface area (Å²) in [5.41, 5.74) is 0.565. The minimum absolute atomic E-state index is 0.000933. The fourth-order valence-corrected chi connectivity index (χ4v) is 3.83. The first kappa shape index (κ1) is 13.0. The van der Waals surface area contributed by atoms with Crippen molar-refractivity contribution in [2.24, 2.45) is 5.92 Å². The highest BCUT2D eigenvalue weighted by molar-refractivity contribution is 6.01. The van der Waals surface area contributed by atoms with Crippen molar-refractivity contribution in [3.05, 3.63) is 35.8 Å². The first-order valence-corrected chi connectivity index (χ1v) is 7.70. The highest BCUT2D eigenvalue weighted by atomic mass is 19.1. The quantitative estimate of drug-likeness (QED) is 0.857. The summed E-state index contributed by atoms with van der Waals surface area (Å²) in [5.74, 6) is 0.648. The molecule has 1 aromatic carbocycles. The predicted molar refractivity (Wildman–Crippen MR) is 77.8 cm³/mol. The lowest BCUT2D eigenvalue weighted by Crippen LogP contribution is -2.37. The summed E-state index contributed by atoms with van der Waals surface area (Å²) in [5, 5.41) is 4.11. The SMILES string of the molecule is O=C(c1cc2cc(F)ccc2o1)C1CC2CCCCC2N1. The van der Waals surface area contributed by atoms with Gasteiger partial charge in [-0.1, -0.05) is 12.8 Å². The maximum Gasteiger partial charge on any atom is 0.214 e. The summed E-state index contributed by atoms with van der Waals surface area (Å²) in [6.45, 7) is 0. The fourth-order valence-electron chi connectivity index (χ4n) is 3.83. The van der Waals surface area contributed by atoms with Gasteiger partial charge in [0, 0.05) is 11.4 Å². The van der Waals surface area contributed by atoms with E-state index in [0.717, 1.165) is 6.42 Å². The number of carbonyl (C=O) groups excluding carboxylic acids is 1. The number of hydrogen-bond acceptors (Lipinski definition) is 3. The van der Waals surface area contributed by atoms with Crippen molar-refractivity contribution in [2.45, 2.75) is 44.2 Å². The van der Waals surface area contributed by atoms with E-state index in [-0.39, 0.29) is 17.6 Å². The zero-order chi connectivity index (χ0) is 14.4. The topological polar surface area (TPSA) is 42.2 Å². The molecule has 3 atom stereocenters. The first-order valence-electron chi connectivity index (χ1n) is 7.70. The van der Waals surface area contributed by atoms with Crippen LogP contribution in [0.25, 0.3) is 11.0 Å². The molecule has 3 unspecified atom stereocenters.